The van der Waals surface area contributed by atoms with E-state index in [2.05, 4.69) is 55.5 Å². The molecule has 2 saturated carbocycles. The minimum atomic E-state index is -0.654. The molecule has 0 spiro atoms. The second-order valence-electron chi connectivity index (χ2n) is 11.2. The largest absolute Gasteiger partial charge is 0.439 e. The van der Waals surface area contributed by atoms with E-state index in [0.29, 0.717) is 35.2 Å². The molecule has 2 aliphatic carbocycles. The second kappa shape index (κ2) is 11.0. The molecular formula is C28H35N9O2S. The summed E-state index contributed by atoms with van der Waals surface area (Å²) in [4.78, 5) is 33.5. The number of aromatic nitrogens is 7. The van der Waals surface area contributed by atoms with Crippen LogP contribution < -0.4 is 16.4 Å². The number of rotatable bonds is 9. The van der Waals surface area contributed by atoms with E-state index >= 15 is 0 Å². The zero-order chi connectivity index (χ0) is 27.8. The van der Waals surface area contributed by atoms with Crippen LogP contribution in [0.4, 0.5) is 11.8 Å². The van der Waals surface area contributed by atoms with Crippen molar-refractivity contribution in [3.63, 3.8) is 0 Å². The van der Waals surface area contributed by atoms with Crippen LogP contribution in [0.5, 0.6) is 0 Å². The number of hydrogen-bond acceptors (Lipinski definition) is 10. The topological polar surface area (TPSA) is 139 Å². The van der Waals surface area contributed by atoms with Crippen LogP contribution >= 0.6 is 11.3 Å². The number of aromatic amines is 1. The van der Waals surface area contributed by atoms with E-state index in [1.54, 1.807) is 11.3 Å². The fourth-order valence-electron chi connectivity index (χ4n) is 5.75. The molecule has 11 nitrogen and oxygen atoms in total. The summed E-state index contributed by atoms with van der Waals surface area (Å²) < 4.78 is 6.97. The highest BCUT2D eigenvalue weighted by Gasteiger charge is 2.29. The minimum Gasteiger partial charge on any atom is -0.365 e. The lowest BCUT2D eigenvalue weighted by molar-refractivity contribution is 0.284. The average molecular weight is 562 g/mol. The number of nitrogens with zero attached hydrogens (tertiary/aromatic N) is 6. The van der Waals surface area contributed by atoms with E-state index in [9.17, 15) is 4.79 Å². The van der Waals surface area contributed by atoms with Gasteiger partial charge in [-0.1, -0.05) is 11.6 Å². The highest BCUT2D eigenvalue weighted by molar-refractivity contribution is 7.09. The third-order valence-corrected chi connectivity index (χ3v) is 9.22. The van der Waals surface area contributed by atoms with E-state index < -0.39 is 5.76 Å². The Morgan fingerprint density at radius 3 is 2.58 bits per heavy atom. The zero-order valence-electron chi connectivity index (χ0n) is 23.1. The lowest BCUT2D eigenvalue weighted by Crippen LogP contribution is -2.31. The van der Waals surface area contributed by atoms with Gasteiger partial charge in [-0.2, -0.15) is 4.98 Å². The average Bonchev–Trinajstić information content (AvgIpc) is 3.62. The molecule has 0 bridgehead atoms. The van der Waals surface area contributed by atoms with Gasteiger partial charge in [-0.3, -0.25) is 9.51 Å². The molecule has 4 heterocycles. The Kier molecular flexibility index (Phi) is 7.31. The van der Waals surface area contributed by atoms with Gasteiger partial charge in [-0.05, 0) is 71.1 Å². The summed E-state index contributed by atoms with van der Waals surface area (Å²) in [6, 6.07) is 0.168. The Labute approximate surface area is 236 Å². The quantitative estimate of drug-likeness (QED) is 0.237. The van der Waals surface area contributed by atoms with Crippen LogP contribution in [0.2, 0.25) is 0 Å². The standard InChI is InChI=1S/C28H35N9O2S/c1-5-18-9-11-19(12-10-18)13-37-22-23(29-15(2)20-7-6-8-20)32-25(26-35-28(38)39-36-26)33-24(22)34-27(37)30-16(3)21-14-40-17(4)31-21/h1,14-16,18-20H,6-13H2,2-4H3,(H,35,36,38)(H2,29,30,32,33,34)/t15-,16?,18-,19-/m1/s1. The van der Waals surface area contributed by atoms with Gasteiger partial charge in [-0.25, -0.2) is 19.7 Å². The summed E-state index contributed by atoms with van der Waals surface area (Å²) >= 11 is 1.63. The summed E-state index contributed by atoms with van der Waals surface area (Å²) in [5, 5.41) is 14.2. The summed E-state index contributed by atoms with van der Waals surface area (Å²) in [5.74, 6) is 5.52. The van der Waals surface area contributed by atoms with E-state index in [0.717, 1.165) is 48.4 Å². The molecule has 3 N–H and O–H groups in total. The Morgan fingerprint density at radius 1 is 1.15 bits per heavy atom. The first-order valence-electron chi connectivity index (χ1n) is 14.1. The van der Waals surface area contributed by atoms with E-state index in [1.165, 1.54) is 19.3 Å². The summed E-state index contributed by atoms with van der Waals surface area (Å²) in [5.41, 5.74) is 2.34. The molecule has 12 heteroatoms. The van der Waals surface area contributed by atoms with Gasteiger partial charge in [0.15, 0.2) is 11.5 Å². The van der Waals surface area contributed by atoms with Crippen molar-refractivity contribution in [2.75, 3.05) is 10.6 Å². The highest BCUT2D eigenvalue weighted by Crippen LogP contribution is 2.36. The van der Waals surface area contributed by atoms with Crippen LogP contribution in [0.15, 0.2) is 14.7 Å². The number of H-pyrrole nitrogens is 1. The van der Waals surface area contributed by atoms with Gasteiger partial charge in [0, 0.05) is 23.9 Å². The van der Waals surface area contributed by atoms with Crippen LogP contribution in [0.1, 0.15) is 75.5 Å². The first-order valence-corrected chi connectivity index (χ1v) is 15.0. The molecule has 210 valence electrons. The number of fused-ring (bicyclic) bond motifs is 1. The Bertz CT molecular complexity index is 1580. The maximum absolute atomic E-state index is 11.7. The van der Waals surface area contributed by atoms with Crippen LogP contribution in [0, 0.1) is 37.0 Å². The van der Waals surface area contributed by atoms with Crippen molar-refractivity contribution in [3.05, 3.63) is 26.6 Å². The zero-order valence-corrected chi connectivity index (χ0v) is 23.9. The summed E-state index contributed by atoms with van der Waals surface area (Å²) in [7, 11) is 0. The molecule has 2 aliphatic rings. The lowest BCUT2D eigenvalue weighted by atomic mass is 9.80. The second-order valence-corrected chi connectivity index (χ2v) is 12.3. The number of hydrogen-bond donors (Lipinski definition) is 3. The molecule has 0 radical (unpaired) electrons. The molecule has 6 rings (SSSR count). The molecule has 1 unspecified atom stereocenters. The summed E-state index contributed by atoms with van der Waals surface area (Å²) in [6.07, 6.45) is 13.6. The number of terminal acetylenes is 1. The van der Waals surface area contributed by atoms with Crippen molar-refractivity contribution in [2.45, 2.75) is 84.3 Å². The van der Waals surface area contributed by atoms with Gasteiger partial charge in [0.1, 0.15) is 5.52 Å². The normalized spacial score (nSPS) is 21.1. The number of thiazole rings is 1. The molecule has 0 amide bonds. The van der Waals surface area contributed by atoms with Crippen molar-refractivity contribution in [1.29, 1.82) is 0 Å². The molecule has 4 aromatic heterocycles. The molecule has 40 heavy (non-hydrogen) atoms. The molecule has 4 aromatic rings. The van der Waals surface area contributed by atoms with Gasteiger partial charge >= 0.3 is 5.76 Å². The SMILES string of the molecule is C#C[C@H]1CC[C@H](Cn2c(NC(C)c3csc(C)n3)nc3nc(-c4noc(=O)[nH]4)nc(N[C@H](C)C4CCC4)c32)CC1. The van der Waals surface area contributed by atoms with Gasteiger partial charge < -0.3 is 15.2 Å². The number of aryl methyl sites for hydroxylation is 1. The molecule has 0 aliphatic heterocycles. The molecule has 2 atom stereocenters. The summed E-state index contributed by atoms with van der Waals surface area (Å²) in [6.45, 7) is 7.07. The van der Waals surface area contributed by atoms with Crippen molar-refractivity contribution in [3.8, 4) is 24.0 Å². The molecule has 0 aromatic carbocycles. The smallest absolute Gasteiger partial charge is 0.365 e. The van der Waals surface area contributed by atoms with Crippen molar-refractivity contribution < 1.29 is 4.52 Å². The van der Waals surface area contributed by atoms with E-state index in [4.69, 9.17) is 25.9 Å². The third kappa shape index (κ3) is 5.35. The predicted molar refractivity (Wildman–Crippen MR) is 155 cm³/mol. The first-order chi connectivity index (χ1) is 19.4. The van der Waals surface area contributed by atoms with Crippen LogP contribution in [0.25, 0.3) is 22.8 Å². The van der Waals surface area contributed by atoms with Crippen molar-refractivity contribution in [2.24, 2.45) is 17.8 Å². The molecule has 2 fully saturated rings. The number of imidazole rings is 1. The maximum atomic E-state index is 11.7. The maximum Gasteiger partial charge on any atom is 0.439 e. The molecule has 0 saturated heterocycles. The van der Waals surface area contributed by atoms with Crippen molar-refractivity contribution >= 4 is 34.3 Å². The van der Waals surface area contributed by atoms with Crippen molar-refractivity contribution in [1.82, 2.24) is 34.6 Å². The van der Waals surface area contributed by atoms with Gasteiger partial charge in [0.05, 0.1) is 16.7 Å². The van der Waals surface area contributed by atoms with Crippen LogP contribution in [-0.2, 0) is 6.54 Å². The van der Waals surface area contributed by atoms with E-state index in [1.807, 2.05) is 6.92 Å². The Hall–Kier alpha value is -3.72. The van der Waals surface area contributed by atoms with Gasteiger partial charge in [-0.15, -0.1) is 23.7 Å². The van der Waals surface area contributed by atoms with Crippen LogP contribution in [0.3, 0.4) is 0 Å². The first kappa shape index (κ1) is 26.5. The van der Waals surface area contributed by atoms with Gasteiger partial charge in [0.2, 0.25) is 17.6 Å². The monoisotopic (exact) mass is 561 g/mol. The predicted octanol–water partition coefficient (Wildman–Crippen LogP) is 5.15. The fraction of sp³-hybridized carbons (Fsp3) is 0.571. The highest BCUT2D eigenvalue weighted by atomic mass is 32.1. The molecular weight excluding hydrogens is 526 g/mol. The number of anilines is 2. The minimum absolute atomic E-state index is 0.0534. The fourth-order valence-corrected chi connectivity index (χ4v) is 6.45. The van der Waals surface area contributed by atoms with E-state index in [-0.39, 0.29) is 23.7 Å². The van der Waals surface area contributed by atoms with Gasteiger partial charge in [0.25, 0.3) is 0 Å². The lowest BCUT2D eigenvalue weighted by Gasteiger charge is -2.32. The third-order valence-electron chi connectivity index (χ3n) is 8.43. The number of nitrogens with one attached hydrogen (secondary N) is 3. The van der Waals surface area contributed by atoms with Crippen LogP contribution in [-0.4, -0.2) is 40.7 Å². The Morgan fingerprint density at radius 2 is 1.95 bits per heavy atom. The Balaban J connectivity index is 1.44.